The van der Waals surface area contributed by atoms with E-state index < -0.39 is 10.0 Å². The summed E-state index contributed by atoms with van der Waals surface area (Å²) in [4.78, 5) is 7.27. The summed E-state index contributed by atoms with van der Waals surface area (Å²) in [5, 5.41) is 9.43. The fourth-order valence-electron chi connectivity index (χ4n) is 2.60. The quantitative estimate of drug-likeness (QED) is 0.803. The SMILES string of the molecule is CCC(CC)CN(CCC#N)S(=O)(=O)c1c[nH]c2ncccc12. The average Bonchev–Trinajstić information content (AvgIpc) is 2.99. The second-order valence-electron chi connectivity index (χ2n) is 5.51. The Morgan fingerprint density at radius 1 is 1.39 bits per heavy atom. The molecule has 0 saturated carbocycles. The van der Waals surface area contributed by atoms with Crippen LogP contribution in [0.2, 0.25) is 0 Å². The summed E-state index contributed by atoms with van der Waals surface area (Å²) in [7, 11) is -3.66. The Hall–Kier alpha value is -1.91. The highest BCUT2D eigenvalue weighted by atomic mass is 32.2. The Labute approximate surface area is 137 Å². The maximum absolute atomic E-state index is 13.0. The van der Waals surface area contributed by atoms with Crippen molar-refractivity contribution in [2.24, 2.45) is 5.92 Å². The number of nitriles is 1. The smallest absolute Gasteiger partial charge is 0.245 e. The van der Waals surface area contributed by atoms with Crippen molar-refractivity contribution in [2.75, 3.05) is 13.1 Å². The van der Waals surface area contributed by atoms with E-state index in [9.17, 15) is 8.42 Å². The first-order chi connectivity index (χ1) is 11.0. The van der Waals surface area contributed by atoms with Crippen LogP contribution < -0.4 is 0 Å². The predicted octanol–water partition coefficient (Wildman–Crippen LogP) is 2.90. The molecule has 2 rings (SSSR count). The lowest BCUT2D eigenvalue weighted by Gasteiger charge is -2.25. The van der Waals surface area contributed by atoms with Crippen LogP contribution in [0.1, 0.15) is 33.1 Å². The Bertz CT molecular complexity index is 788. The van der Waals surface area contributed by atoms with Gasteiger partial charge in [-0.3, -0.25) is 0 Å². The van der Waals surface area contributed by atoms with Gasteiger partial charge in [-0.25, -0.2) is 13.4 Å². The van der Waals surface area contributed by atoms with Crippen LogP contribution >= 0.6 is 0 Å². The fraction of sp³-hybridized carbons (Fsp3) is 0.500. The van der Waals surface area contributed by atoms with Crippen LogP contribution in [0.4, 0.5) is 0 Å². The molecule has 0 radical (unpaired) electrons. The zero-order valence-corrected chi connectivity index (χ0v) is 14.3. The lowest BCUT2D eigenvalue weighted by atomic mass is 10.0. The van der Waals surface area contributed by atoms with Gasteiger partial charge in [0, 0.05) is 37.3 Å². The Balaban J connectivity index is 2.40. The van der Waals surface area contributed by atoms with E-state index >= 15 is 0 Å². The van der Waals surface area contributed by atoms with E-state index in [2.05, 4.69) is 23.8 Å². The van der Waals surface area contributed by atoms with E-state index in [0.717, 1.165) is 12.8 Å². The third-order valence-electron chi connectivity index (χ3n) is 4.12. The first kappa shape index (κ1) is 17.4. The van der Waals surface area contributed by atoms with Crippen LogP contribution in [0.5, 0.6) is 0 Å². The van der Waals surface area contributed by atoms with Crippen LogP contribution in [-0.4, -0.2) is 35.8 Å². The predicted molar refractivity (Wildman–Crippen MR) is 89.2 cm³/mol. The van der Waals surface area contributed by atoms with Gasteiger partial charge in [0.1, 0.15) is 10.5 Å². The molecule has 0 atom stereocenters. The zero-order valence-electron chi connectivity index (χ0n) is 13.5. The molecule has 2 aromatic rings. The van der Waals surface area contributed by atoms with Gasteiger partial charge in [-0.1, -0.05) is 26.7 Å². The van der Waals surface area contributed by atoms with Crippen molar-refractivity contribution < 1.29 is 8.42 Å². The van der Waals surface area contributed by atoms with Crippen molar-refractivity contribution in [1.82, 2.24) is 14.3 Å². The van der Waals surface area contributed by atoms with Crippen LogP contribution in [0.3, 0.4) is 0 Å². The fourth-order valence-corrected chi connectivity index (χ4v) is 4.27. The number of hydrogen-bond acceptors (Lipinski definition) is 4. The standard InChI is InChI=1S/C16H22N4O2S/c1-3-13(4-2)12-20(10-6-8-17)23(21,22)15-11-19-16-14(15)7-5-9-18-16/h5,7,9,11,13H,3-4,6,10,12H2,1-2H3,(H,18,19). The molecule has 0 aromatic carbocycles. The van der Waals surface area contributed by atoms with Crippen molar-refractivity contribution in [1.29, 1.82) is 5.26 Å². The van der Waals surface area contributed by atoms with Crippen molar-refractivity contribution >= 4 is 21.1 Å². The Morgan fingerprint density at radius 3 is 2.78 bits per heavy atom. The monoisotopic (exact) mass is 334 g/mol. The van der Waals surface area contributed by atoms with E-state index in [1.807, 2.05) is 6.07 Å². The molecule has 0 saturated heterocycles. The summed E-state index contributed by atoms with van der Waals surface area (Å²) in [6.07, 6.45) is 5.10. The maximum atomic E-state index is 13.0. The van der Waals surface area contributed by atoms with Gasteiger partial charge in [0.15, 0.2) is 0 Å². The van der Waals surface area contributed by atoms with Gasteiger partial charge in [-0.05, 0) is 18.1 Å². The highest BCUT2D eigenvalue weighted by Crippen LogP contribution is 2.26. The number of aromatic amines is 1. The number of H-pyrrole nitrogens is 1. The topological polar surface area (TPSA) is 89.9 Å². The van der Waals surface area contributed by atoms with Gasteiger partial charge in [0.2, 0.25) is 10.0 Å². The van der Waals surface area contributed by atoms with Gasteiger partial charge in [0.25, 0.3) is 0 Å². The van der Waals surface area contributed by atoms with Gasteiger partial charge in [-0.15, -0.1) is 0 Å². The lowest BCUT2D eigenvalue weighted by molar-refractivity contribution is 0.333. The normalized spacial score (nSPS) is 12.1. The molecule has 0 fully saturated rings. The molecule has 0 aliphatic rings. The molecule has 0 amide bonds. The molecule has 7 heteroatoms. The van der Waals surface area contributed by atoms with E-state index in [-0.39, 0.29) is 23.8 Å². The average molecular weight is 334 g/mol. The lowest BCUT2D eigenvalue weighted by Crippen LogP contribution is -2.36. The van der Waals surface area contributed by atoms with Crippen molar-refractivity contribution in [3.05, 3.63) is 24.5 Å². The number of fused-ring (bicyclic) bond motifs is 1. The number of rotatable bonds is 8. The van der Waals surface area contributed by atoms with Crippen molar-refractivity contribution in [3.8, 4) is 6.07 Å². The summed E-state index contributed by atoms with van der Waals surface area (Å²) in [6, 6.07) is 5.50. The Kier molecular flexibility index (Phi) is 5.74. The van der Waals surface area contributed by atoms with Crippen LogP contribution in [0.25, 0.3) is 11.0 Å². The van der Waals surface area contributed by atoms with Crippen LogP contribution in [-0.2, 0) is 10.0 Å². The first-order valence-electron chi connectivity index (χ1n) is 7.83. The molecule has 0 spiro atoms. The maximum Gasteiger partial charge on any atom is 0.245 e. The third-order valence-corrected chi connectivity index (χ3v) is 6.03. The molecule has 124 valence electrons. The zero-order chi connectivity index (χ0) is 16.9. The second kappa shape index (κ2) is 7.57. The van der Waals surface area contributed by atoms with Gasteiger partial charge >= 0.3 is 0 Å². The minimum atomic E-state index is -3.66. The number of pyridine rings is 1. The minimum Gasteiger partial charge on any atom is -0.345 e. The van der Waals surface area contributed by atoms with Crippen LogP contribution in [0.15, 0.2) is 29.4 Å². The molecule has 1 N–H and O–H groups in total. The van der Waals surface area contributed by atoms with E-state index in [1.165, 1.54) is 10.5 Å². The molecule has 6 nitrogen and oxygen atoms in total. The Morgan fingerprint density at radius 2 is 2.13 bits per heavy atom. The van der Waals surface area contributed by atoms with Gasteiger partial charge < -0.3 is 4.98 Å². The highest BCUT2D eigenvalue weighted by Gasteiger charge is 2.28. The molecule has 0 aliphatic heterocycles. The number of nitrogens with one attached hydrogen (secondary N) is 1. The third kappa shape index (κ3) is 3.71. The molecule has 2 aromatic heterocycles. The first-order valence-corrected chi connectivity index (χ1v) is 9.27. The molecular formula is C16H22N4O2S. The summed E-state index contributed by atoms with van der Waals surface area (Å²) >= 11 is 0. The van der Waals surface area contributed by atoms with E-state index in [1.54, 1.807) is 18.3 Å². The largest absolute Gasteiger partial charge is 0.345 e. The summed E-state index contributed by atoms with van der Waals surface area (Å²) in [5.41, 5.74) is 0.550. The molecule has 0 unspecified atom stereocenters. The van der Waals surface area contributed by atoms with E-state index in [4.69, 9.17) is 5.26 Å². The molecule has 23 heavy (non-hydrogen) atoms. The van der Waals surface area contributed by atoms with Crippen molar-refractivity contribution in [3.63, 3.8) is 0 Å². The molecule has 0 aliphatic carbocycles. The van der Waals surface area contributed by atoms with Crippen molar-refractivity contribution in [2.45, 2.75) is 38.0 Å². The summed E-state index contributed by atoms with van der Waals surface area (Å²) < 4.78 is 27.5. The molecule has 2 heterocycles. The minimum absolute atomic E-state index is 0.181. The second-order valence-corrected chi connectivity index (χ2v) is 7.41. The number of hydrogen-bond donors (Lipinski definition) is 1. The van der Waals surface area contributed by atoms with E-state index in [0.29, 0.717) is 17.6 Å². The number of aromatic nitrogens is 2. The summed E-state index contributed by atoms with van der Waals surface area (Å²) in [6.45, 7) is 4.75. The van der Waals surface area contributed by atoms with Gasteiger partial charge in [-0.2, -0.15) is 9.57 Å². The summed E-state index contributed by atoms with van der Waals surface area (Å²) in [5.74, 6) is 0.284. The highest BCUT2D eigenvalue weighted by molar-refractivity contribution is 7.89. The molecular weight excluding hydrogens is 312 g/mol. The number of nitrogens with zero attached hydrogens (tertiary/aromatic N) is 3. The van der Waals surface area contributed by atoms with Gasteiger partial charge in [0.05, 0.1) is 6.07 Å². The number of sulfonamides is 1. The van der Waals surface area contributed by atoms with Crippen LogP contribution in [0, 0.1) is 17.2 Å². The molecule has 0 bridgehead atoms.